The maximum absolute atomic E-state index is 2.50. The first kappa shape index (κ1) is 18.7. The van der Waals surface area contributed by atoms with E-state index in [1.165, 1.54) is 20.3 Å². The summed E-state index contributed by atoms with van der Waals surface area (Å²) in [6.45, 7) is 2.30. The van der Waals surface area contributed by atoms with Crippen molar-refractivity contribution >= 4 is 22.6 Å². The van der Waals surface area contributed by atoms with Crippen LogP contribution < -0.4 is 0 Å². The van der Waals surface area contributed by atoms with E-state index in [0.717, 1.165) is 25.7 Å². The summed E-state index contributed by atoms with van der Waals surface area (Å²) in [5.41, 5.74) is 4.23. The number of hydrogen-bond acceptors (Lipinski definition) is 0. The summed E-state index contributed by atoms with van der Waals surface area (Å²) in [5.74, 6) is 1.06. The highest BCUT2D eigenvalue weighted by atomic mass is 127. The molecule has 1 heteroatoms. The van der Waals surface area contributed by atoms with Crippen LogP contribution in [0.1, 0.15) is 38.2 Å². The molecular weight excluding hydrogens is 439 g/mol. The lowest BCUT2D eigenvalue weighted by atomic mass is 9.58. The van der Waals surface area contributed by atoms with Gasteiger partial charge in [-0.3, -0.25) is 0 Å². The van der Waals surface area contributed by atoms with Crippen LogP contribution in [0, 0.1) is 15.4 Å². The Bertz CT molecular complexity index is 860. The molecule has 3 unspecified atom stereocenters. The minimum absolute atomic E-state index is 0.112. The number of rotatable bonds is 4. The smallest absolute Gasteiger partial charge is 0.0510 e. The maximum atomic E-state index is 2.50. The molecule has 0 heterocycles. The molecule has 138 valence electrons. The largest absolute Gasteiger partial charge is 0.0839 e. The van der Waals surface area contributed by atoms with E-state index < -0.39 is 0 Å². The zero-order valence-electron chi connectivity index (χ0n) is 15.9. The van der Waals surface area contributed by atoms with Gasteiger partial charge in [0.2, 0.25) is 0 Å². The highest BCUT2D eigenvalue weighted by Crippen LogP contribution is 2.51. The second kappa shape index (κ2) is 8.18. The van der Waals surface area contributed by atoms with Crippen LogP contribution in [-0.2, 0) is 5.41 Å². The number of halogens is 1. The van der Waals surface area contributed by atoms with Gasteiger partial charge in [-0.1, -0.05) is 79.8 Å². The van der Waals surface area contributed by atoms with Crippen molar-refractivity contribution in [3.05, 3.63) is 105 Å². The summed E-state index contributed by atoms with van der Waals surface area (Å²) >= 11 is 2.41. The summed E-state index contributed by atoms with van der Waals surface area (Å²) in [6.07, 6.45) is 28.2. The van der Waals surface area contributed by atoms with E-state index in [2.05, 4.69) is 115 Å². The molecule has 0 spiro atoms. The van der Waals surface area contributed by atoms with E-state index in [9.17, 15) is 0 Å². The maximum Gasteiger partial charge on any atom is 0.0510 e. The first-order chi connectivity index (χ1) is 13.2. The third-order valence-electron chi connectivity index (χ3n) is 6.06. The van der Waals surface area contributed by atoms with Crippen LogP contribution >= 0.6 is 22.6 Å². The van der Waals surface area contributed by atoms with Crippen molar-refractivity contribution in [2.75, 3.05) is 0 Å². The third kappa shape index (κ3) is 3.59. The lowest BCUT2D eigenvalue weighted by Crippen LogP contribution is -2.39. The molecule has 0 radical (unpaired) electrons. The molecule has 3 aliphatic rings. The van der Waals surface area contributed by atoms with Crippen molar-refractivity contribution in [3.8, 4) is 0 Å². The van der Waals surface area contributed by atoms with Crippen LogP contribution in [0.5, 0.6) is 0 Å². The monoisotopic (exact) mass is 466 g/mol. The van der Waals surface area contributed by atoms with Crippen LogP contribution in [-0.4, -0.2) is 0 Å². The van der Waals surface area contributed by atoms with Gasteiger partial charge in [-0.25, -0.2) is 0 Å². The summed E-state index contributed by atoms with van der Waals surface area (Å²) in [6, 6.07) is 9.22. The van der Waals surface area contributed by atoms with E-state index >= 15 is 0 Å². The molecule has 0 saturated carbocycles. The molecule has 3 atom stereocenters. The van der Waals surface area contributed by atoms with Gasteiger partial charge in [-0.15, -0.1) is 0 Å². The fourth-order valence-electron chi connectivity index (χ4n) is 4.68. The topological polar surface area (TPSA) is 0 Å². The van der Waals surface area contributed by atoms with Crippen molar-refractivity contribution in [1.82, 2.24) is 0 Å². The number of benzene rings is 1. The zero-order valence-corrected chi connectivity index (χ0v) is 18.1. The predicted octanol–water partition coefficient (Wildman–Crippen LogP) is 7.46. The van der Waals surface area contributed by atoms with E-state index in [1.807, 2.05) is 0 Å². The van der Waals surface area contributed by atoms with E-state index in [4.69, 9.17) is 0 Å². The van der Waals surface area contributed by atoms with Crippen molar-refractivity contribution in [2.45, 2.75) is 38.0 Å². The molecule has 1 aromatic carbocycles. The van der Waals surface area contributed by atoms with Gasteiger partial charge in [-0.2, -0.15) is 0 Å². The summed E-state index contributed by atoms with van der Waals surface area (Å²) in [4.78, 5) is 0. The fourth-order valence-corrected chi connectivity index (χ4v) is 5.04. The average Bonchev–Trinajstić information content (AvgIpc) is 2.73. The Balaban J connectivity index is 1.96. The normalized spacial score (nSPS) is 26.4. The molecule has 0 N–H and O–H groups in total. The minimum atomic E-state index is -0.112. The molecule has 0 aromatic heterocycles. The minimum Gasteiger partial charge on any atom is -0.0839 e. The van der Waals surface area contributed by atoms with Crippen molar-refractivity contribution in [1.29, 1.82) is 0 Å². The lowest BCUT2D eigenvalue weighted by Gasteiger charge is -2.45. The van der Waals surface area contributed by atoms with Crippen LogP contribution in [0.4, 0.5) is 0 Å². The van der Waals surface area contributed by atoms with Crippen molar-refractivity contribution in [3.63, 3.8) is 0 Å². The number of hydrogen-bond donors (Lipinski definition) is 0. The summed E-state index contributed by atoms with van der Waals surface area (Å²) < 4.78 is 1.29. The van der Waals surface area contributed by atoms with Gasteiger partial charge in [0.25, 0.3) is 0 Å². The molecule has 27 heavy (non-hydrogen) atoms. The van der Waals surface area contributed by atoms with Gasteiger partial charge in [0.15, 0.2) is 0 Å². The van der Waals surface area contributed by atoms with Crippen LogP contribution in [0.25, 0.3) is 0 Å². The van der Waals surface area contributed by atoms with E-state index in [-0.39, 0.29) is 5.41 Å². The Morgan fingerprint density at radius 2 is 1.67 bits per heavy atom. The van der Waals surface area contributed by atoms with Gasteiger partial charge in [0.1, 0.15) is 0 Å². The second-order valence-electron chi connectivity index (χ2n) is 7.84. The first-order valence-corrected chi connectivity index (χ1v) is 11.1. The number of allylic oxidation sites excluding steroid dienone is 12. The van der Waals surface area contributed by atoms with E-state index in [1.54, 1.807) is 0 Å². The fraction of sp³-hybridized carbons (Fsp3) is 0.308. The molecule has 4 rings (SSSR count). The van der Waals surface area contributed by atoms with Gasteiger partial charge >= 0.3 is 0 Å². The van der Waals surface area contributed by atoms with Crippen LogP contribution in [0.2, 0.25) is 0 Å². The molecular formula is C26H27I. The Kier molecular flexibility index (Phi) is 5.68. The molecule has 0 bridgehead atoms. The SMILES string of the molecule is CC1C=CC(C(C2=CCCC=C2)(c2ccc(I)cc2)C2C=CC=CC2)=CC1. The van der Waals surface area contributed by atoms with Crippen molar-refractivity contribution < 1.29 is 0 Å². The molecule has 1 aromatic rings. The first-order valence-electron chi connectivity index (χ1n) is 10.1. The molecule has 3 aliphatic carbocycles. The second-order valence-corrected chi connectivity index (χ2v) is 9.09. The van der Waals surface area contributed by atoms with Gasteiger partial charge < -0.3 is 0 Å². The Morgan fingerprint density at radius 1 is 0.852 bits per heavy atom. The molecule has 0 saturated heterocycles. The van der Waals surface area contributed by atoms with Gasteiger partial charge in [0, 0.05) is 3.57 Å². The molecule has 0 aliphatic heterocycles. The highest BCUT2D eigenvalue weighted by Gasteiger charge is 2.44. The summed E-state index contributed by atoms with van der Waals surface area (Å²) in [7, 11) is 0. The summed E-state index contributed by atoms with van der Waals surface area (Å²) in [5, 5.41) is 0. The third-order valence-corrected chi connectivity index (χ3v) is 6.78. The molecule has 0 fully saturated rings. The Hall–Kier alpha value is -1.61. The Labute approximate surface area is 177 Å². The lowest BCUT2D eigenvalue weighted by molar-refractivity contribution is 0.439. The highest BCUT2D eigenvalue weighted by molar-refractivity contribution is 14.1. The van der Waals surface area contributed by atoms with Crippen LogP contribution in [0.15, 0.2) is 96.2 Å². The van der Waals surface area contributed by atoms with Crippen LogP contribution in [0.3, 0.4) is 0 Å². The van der Waals surface area contributed by atoms with Crippen molar-refractivity contribution in [2.24, 2.45) is 11.8 Å². The molecule has 0 amide bonds. The standard InChI is InChI=1S/C26H27I/c1-20-12-14-23(15-13-20)26(21-8-4-2-5-9-21,22-10-6-3-7-11-22)24-16-18-25(27)19-17-24/h2,4-6,8,10-12,14-21H,3,7,9,13H2,1H3. The van der Waals surface area contributed by atoms with E-state index in [0.29, 0.717) is 11.8 Å². The predicted molar refractivity (Wildman–Crippen MR) is 125 cm³/mol. The Morgan fingerprint density at radius 3 is 2.30 bits per heavy atom. The average molecular weight is 466 g/mol. The molecule has 0 nitrogen and oxygen atoms in total. The van der Waals surface area contributed by atoms with Gasteiger partial charge in [-0.05, 0) is 89.0 Å². The zero-order chi connectivity index (χ0) is 18.7. The quantitative estimate of drug-likeness (QED) is 0.404. The van der Waals surface area contributed by atoms with Gasteiger partial charge in [0.05, 0.1) is 5.41 Å².